The molecule has 0 aliphatic carbocycles. The molecule has 5 nitrogen and oxygen atoms in total. The van der Waals surface area contributed by atoms with Crippen LogP contribution in [0.3, 0.4) is 0 Å². The van der Waals surface area contributed by atoms with Gasteiger partial charge in [-0.1, -0.05) is 30.3 Å². The molecular formula is C18H16N2O3S2. The van der Waals surface area contributed by atoms with Crippen LogP contribution in [0.15, 0.2) is 76.6 Å². The maximum atomic E-state index is 13.0. The molecule has 3 rings (SSSR count). The second kappa shape index (κ2) is 7.58. The molecule has 3 aromatic rings. The van der Waals surface area contributed by atoms with Gasteiger partial charge in [0.1, 0.15) is 9.46 Å². The fourth-order valence-corrected chi connectivity index (χ4v) is 5.26. The molecule has 0 radical (unpaired) electrons. The number of pyridine rings is 1. The van der Waals surface area contributed by atoms with Gasteiger partial charge in [0.05, 0.1) is 0 Å². The summed E-state index contributed by atoms with van der Waals surface area (Å²) in [5.41, 5.74) is 1.03. The highest BCUT2D eigenvalue weighted by atomic mass is 32.2. The predicted octanol–water partition coefficient (Wildman–Crippen LogP) is 3.09. The van der Waals surface area contributed by atoms with E-state index in [1.54, 1.807) is 60.1 Å². The highest BCUT2D eigenvalue weighted by Crippen LogP contribution is 2.30. The van der Waals surface area contributed by atoms with Crippen LogP contribution >= 0.6 is 11.3 Å². The molecule has 1 amide bonds. The van der Waals surface area contributed by atoms with Crippen molar-refractivity contribution in [2.75, 3.05) is 6.54 Å². The zero-order chi connectivity index (χ0) is 17.7. The van der Waals surface area contributed by atoms with E-state index in [0.29, 0.717) is 11.1 Å². The molecule has 25 heavy (non-hydrogen) atoms. The first-order valence-corrected chi connectivity index (χ1v) is 10.0. The molecule has 0 saturated carbocycles. The van der Waals surface area contributed by atoms with Crippen LogP contribution in [0.1, 0.15) is 21.2 Å². The van der Waals surface area contributed by atoms with E-state index in [9.17, 15) is 13.2 Å². The Morgan fingerprint density at radius 3 is 2.52 bits per heavy atom. The summed E-state index contributed by atoms with van der Waals surface area (Å²) in [5, 5.41) is 3.55. The molecule has 0 aliphatic heterocycles. The van der Waals surface area contributed by atoms with Crippen LogP contribution in [0.2, 0.25) is 0 Å². The van der Waals surface area contributed by atoms with Crippen LogP contribution in [0.4, 0.5) is 0 Å². The fraction of sp³-hybridized carbons (Fsp3) is 0.111. The summed E-state index contributed by atoms with van der Waals surface area (Å²) in [5.74, 6) is -0.309. The molecule has 0 unspecified atom stereocenters. The maximum Gasteiger partial charge on any atom is 0.251 e. The van der Waals surface area contributed by atoms with Crippen molar-refractivity contribution in [3.05, 3.63) is 83.5 Å². The van der Waals surface area contributed by atoms with Gasteiger partial charge in [-0.3, -0.25) is 9.78 Å². The summed E-state index contributed by atoms with van der Waals surface area (Å²) < 4.78 is 26.2. The number of aromatic nitrogens is 1. The molecule has 1 N–H and O–H groups in total. The molecule has 2 aromatic heterocycles. The van der Waals surface area contributed by atoms with E-state index < -0.39 is 15.1 Å². The Morgan fingerprint density at radius 1 is 1.08 bits per heavy atom. The standard InChI is InChI=1S/C18H16N2O3S2/c21-18(14-6-2-1-3-7-14)20-13-16(15-8-4-10-19-12-15)25(22,23)17-9-5-11-24-17/h1-12,16H,13H2,(H,20,21)/t16-/m1/s1. The van der Waals surface area contributed by atoms with Crippen molar-refractivity contribution in [1.29, 1.82) is 0 Å². The summed E-state index contributed by atoms with van der Waals surface area (Å²) in [7, 11) is -3.62. The Kier molecular flexibility index (Phi) is 5.25. The van der Waals surface area contributed by atoms with Crippen LogP contribution < -0.4 is 5.32 Å². The largest absolute Gasteiger partial charge is 0.350 e. The second-order valence-electron chi connectivity index (χ2n) is 5.33. The lowest BCUT2D eigenvalue weighted by molar-refractivity contribution is 0.0953. The van der Waals surface area contributed by atoms with Gasteiger partial charge in [0.2, 0.25) is 0 Å². The van der Waals surface area contributed by atoms with E-state index in [2.05, 4.69) is 10.3 Å². The van der Waals surface area contributed by atoms with Crippen molar-refractivity contribution in [3.8, 4) is 0 Å². The lowest BCUT2D eigenvalue weighted by Crippen LogP contribution is -2.31. The Balaban J connectivity index is 1.87. The van der Waals surface area contributed by atoms with Crippen LogP contribution in [0, 0.1) is 0 Å². The van der Waals surface area contributed by atoms with Crippen molar-refractivity contribution in [3.63, 3.8) is 0 Å². The number of carbonyl (C=O) groups excluding carboxylic acids is 1. The quantitative estimate of drug-likeness (QED) is 0.721. The van der Waals surface area contributed by atoms with Gasteiger partial charge >= 0.3 is 0 Å². The molecule has 0 aliphatic rings. The first kappa shape index (κ1) is 17.3. The lowest BCUT2D eigenvalue weighted by Gasteiger charge is -2.17. The van der Waals surface area contributed by atoms with Gasteiger partial charge in [-0.2, -0.15) is 0 Å². The molecule has 0 spiro atoms. The fourth-order valence-electron chi connectivity index (χ4n) is 2.42. The Hall–Kier alpha value is -2.51. The molecule has 1 aromatic carbocycles. The Labute approximate surface area is 150 Å². The van der Waals surface area contributed by atoms with Gasteiger partial charge in [-0.05, 0) is 35.2 Å². The zero-order valence-corrected chi connectivity index (χ0v) is 14.8. The van der Waals surface area contributed by atoms with Crippen LogP contribution in [-0.2, 0) is 9.84 Å². The SMILES string of the molecule is O=C(NC[C@H](c1cccnc1)S(=O)(=O)c1cccs1)c1ccccc1. The van der Waals surface area contributed by atoms with Gasteiger partial charge in [-0.15, -0.1) is 11.3 Å². The van der Waals surface area contributed by atoms with Crippen LogP contribution in [-0.4, -0.2) is 25.9 Å². The molecule has 2 heterocycles. The molecule has 7 heteroatoms. The van der Waals surface area contributed by atoms with Gasteiger partial charge in [0.25, 0.3) is 5.91 Å². The van der Waals surface area contributed by atoms with Crippen molar-refractivity contribution < 1.29 is 13.2 Å². The maximum absolute atomic E-state index is 13.0. The van der Waals surface area contributed by atoms with Crippen molar-refractivity contribution in [2.24, 2.45) is 0 Å². The average molecular weight is 372 g/mol. The predicted molar refractivity (Wildman–Crippen MR) is 97.3 cm³/mol. The van der Waals surface area contributed by atoms with E-state index in [1.165, 1.54) is 6.20 Å². The minimum absolute atomic E-state index is 0.0281. The summed E-state index contributed by atoms with van der Waals surface area (Å²) in [6, 6.07) is 15.4. The van der Waals surface area contributed by atoms with E-state index in [4.69, 9.17) is 0 Å². The van der Waals surface area contributed by atoms with Crippen molar-refractivity contribution >= 4 is 27.1 Å². The van der Waals surface area contributed by atoms with E-state index >= 15 is 0 Å². The third-order valence-electron chi connectivity index (χ3n) is 3.69. The van der Waals surface area contributed by atoms with Crippen molar-refractivity contribution in [1.82, 2.24) is 10.3 Å². The van der Waals surface area contributed by atoms with Gasteiger partial charge < -0.3 is 5.32 Å². The number of carbonyl (C=O) groups is 1. The van der Waals surface area contributed by atoms with Gasteiger partial charge in [0.15, 0.2) is 9.84 Å². The number of thiophene rings is 1. The Morgan fingerprint density at radius 2 is 1.88 bits per heavy atom. The number of hydrogen-bond donors (Lipinski definition) is 1. The molecule has 0 bridgehead atoms. The summed E-state index contributed by atoms with van der Waals surface area (Å²) in [4.78, 5) is 16.3. The Bertz CT molecular complexity index is 925. The smallest absolute Gasteiger partial charge is 0.251 e. The monoisotopic (exact) mass is 372 g/mol. The van der Waals surface area contributed by atoms with E-state index in [0.717, 1.165) is 11.3 Å². The molecule has 0 saturated heterocycles. The van der Waals surface area contributed by atoms with Crippen LogP contribution in [0.25, 0.3) is 0 Å². The number of benzene rings is 1. The van der Waals surface area contributed by atoms with E-state index in [1.807, 2.05) is 6.07 Å². The number of amides is 1. The third kappa shape index (κ3) is 3.94. The number of nitrogens with zero attached hydrogens (tertiary/aromatic N) is 1. The number of rotatable bonds is 6. The van der Waals surface area contributed by atoms with Crippen molar-refractivity contribution in [2.45, 2.75) is 9.46 Å². The third-order valence-corrected chi connectivity index (χ3v) is 7.22. The highest BCUT2D eigenvalue weighted by molar-refractivity contribution is 7.93. The highest BCUT2D eigenvalue weighted by Gasteiger charge is 2.30. The van der Waals surface area contributed by atoms with E-state index in [-0.39, 0.29) is 16.7 Å². The summed E-state index contributed by atoms with van der Waals surface area (Å²) >= 11 is 1.16. The lowest BCUT2D eigenvalue weighted by atomic mass is 10.2. The number of sulfone groups is 1. The summed E-state index contributed by atoms with van der Waals surface area (Å²) in [6.45, 7) is -0.0281. The first-order valence-electron chi connectivity index (χ1n) is 7.59. The number of nitrogens with one attached hydrogen (secondary N) is 1. The normalized spacial score (nSPS) is 12.5. The minimum Gasteiger partial charge on any atom is -0.350 e. The van der Waals surface area contributed by atoms with Gasteiger partial charge in [-0.25, -0.2) is 8.42 Å². The summed E-state index contributed by atoms with van der Waals surface area (Å²) in [6.07, 6.45) is 3.10. The van der Waals surface area contributed by atoms with Crippen LogP contribution in [0.5, 0.6) is 0 Å². The molecular weight excluding hydrogens is 356 g/mol. The first-order chi connectivity index (χ1) is 12.1. The second-order valence-corrected chi connectivity index (χ2v) is 8.63. The minimum atomic E-state index is -3.62. The molecule has 0 fully saturated rings. The molecule has 1 atom stereocenters. The average Bonchev–Trinajstić information content (AvgIpc) is 3.19. The van der Waals surface area contributed by atoms with Gasteiger partial charge in [0, 0.05) is 24.5 Å². The number of hydrogen-bond acceptors (Lipinski definition) is 5. The topological polar surface area (TPSA) is 76.1 Å². The zero-order valence-electron chi connectivity index (χ0n) is 13.2. The molecule has 128 valence electrons.